The molecular weight excluding hydrogens is 474 g/mol. The van der Waals surface area contributed by atoms with Crippen LogP contribution in [-0.4, -0.2) is 80.7 Å². The van der Waals surface area contributed by atoms with Gasteiger partial charge in [0.15, 0.2) is 5.96 Å². The number of carbonyl (C=O) groups is 1. The number of aliphatic imine (C=N–C) groups is 1. The fourth-order valence-corrected chi connectivity index (χ4v) is 3.65. The van der Waals surface area contributed by atoms with Crippen molar-refractivity contribution in [3.8, 4) is 0 Å². The molecule has 27 heavy (non-hydrogen) atoms. The zero-order valence-electron chi connectivity index (χ0n) is 16.0. The first-order valence-corrected chi connectivity index (χ1v) is 9.30. The largest absolute Gasteiger partial charge is 0.401 e. The van der Waals surface area contributed by atoms with Crippen molar-refractivity contribution in [3.63, 3.8) is 0 Å². The predicted molar refractivity (Wildman–Crippen MR) is 110 cm³/mol. The van der Waals surface area contributed by atoms with Crippen LogP contribution in [0.5, 0.6) is 0 Å². The van der Waals surface area contributed by atoms with Crippen LogP contribution >= 0.6 is 24.0 Å². The molecule has 0 aromatic carbocycles. The van der Waals surface area contributed by atoms with E-state index in [2.05, 4.69) is 15.6 Å². The SMILES string of the molecule is CN=C(NCCN(C)CC(F)(F)F)NC1CCN(C(=O)C2CCCC2)C1.I. The first-order chi connectivity index (χ1) is 12.3. The third-order valence-corrected chi connectivity index (χ3v) is 5.00. The molecule has 0 spiro atoms. The second-order valence-corrected chi connectivity index (χ2v) is 7.25. The summed E-state index contributed by atoms with van der Waals surface area (Å²) >= 11 is 0. The Morgan fingerprint density at radius 2 is 1.93 bits per heavy atom. The quantitative estimate of drug-likeness (QED) is 0.330. The molecule has 0 aromatic rings. The molecule has 1 aliphatic carbocycles. The van der Waals surface area contributed by atoms with Gasteiger partial charge < -0.3 is 15.5 Å². The smallest absolute Gasteiger partial charge is 0.355 e. The van der Waals surface area contributed by atoms with Crippen molar-refractivity contribution in [1.29, 1.82) is 0 Å². The van der Waals surface area contributed by atoms with Crippen LogP contribution in [0.1, 0.15) is 32.1 Å². The summed E-state index contributed by atoms with van der Waals surface area (Å²) in [6, 6.07) is 0.124. The van der Waals surface area contributed by atoms with E-state index in [1.54, 1.807) is 7.05 Å². The van der Waals surface area contributed by atoms with E-state index < -0.39 is 12.7 Å². The molecular formula is C17H31F3IN5O. The summed E-state index contributed by atoms with van der Waals surface area (Å²) in [6.45, 7) is 1.10. The predicted octanol–water partition coefficient (Wildman–Crippen LogP) is 2.05. The Labute approximate surface area is 176 Å². The number of likely N-dealkylation sites (tertiary alicyclic amines) is 1. The molecule has 2 rings (SSSR count). The van der Waals surface area contributed by atoms with E-state index >= 15 is 0 Å². The minimum absolute atomic E-state index is 0. The van der Waals surface area contributed by atoms with Gasteiger partial charge in [-0.3, -0.25) is 14.7 Å². The summed E-state index contributed by atoms with van der Waals surface area (Å²) in [6.07, 6.45) is 0.960. The lowest BCUT2D eigenvalue weighted by atomic mass is 10.1. The molecule has 158 valence electrons. The van der Waals surface area contributed by atoms with Gasteiger partial charge in [0.2, 0.25) is 5.91 Å². The number of alkyl halides is 3. The van der Waals surface area contributed by atoms with Crippen LogP contribution in [0.4, 0.5) is 13.2 Å². The summed E-state index contributed by atoms with van der Waals surface area (Å²) in [7, 11) is 3.07. The van der Waals surface area contributed by atoms with Crippen LogP contribution in [0.3, 0.4) is 0 Å². The first kappa shape index (κ1) is 24.3. The number of rotatable bonds is 6. The molecule has 1 saturated carbocycles. The van der Waals surface area contributed by atoms with Gasteiger partial charge in [-0.05, 0) is 26.3 Å². The second-order valence-electron chi connectivity index (χ2n) is 7.25. The molecule has 0 radical (unpaired) electrons. The van der Waals surface area contributed by atoms with Crippen LogP contribution in [0.15, 0.2) is 4.99 Å². The highest BCUT2D eigenvalue weighted by molar-refractivity contribution is 14.0. The van der Waals surface area contributed by atoms with E-state index in [1.807, 2.05) is 4.90 Å². The van der Waals surface area contributed by atoms with Crippen LogP contribution in [0.2, 0.25) is 0 Å². The number of likely N-dealkylation sites (N-methyl/N-ethyl adjacent to an activating group) is 1. The second kappa shape index (κ2) is 11.3. The van der Waals surface area contributed by atoms with Crippen molar-refractivity contribution < 1.29 is 18.0 Å². The van der Waals surface area contributed by atoms with Crippen molar-refractivity contribution in [2.24, 2.45) is 10.9 Å². The summed E-state index contributed by atoms with van der Waals surface area (Å²) in [5.41, 5.74) is 0. The van der Waals surface area contributed by atoms with Gasteiger partial charge in [-0.2, -0.15) is 13.2 Å². The van der Waals surface area contributed by atoms with Gasteiger partial charge in [0.25, 0.3) is 0 Å². The standard InChI is InChI=1S/C17H30F3N5O.HI/c1-21-16(22-8-10-24(2)12-17(18,19)20)23-14-7-9-25(11-14)15(26)13-5-3-4-6-13;/h13-14H,3-12H2,1-2H3,(H2,21,22,23);1H. The van der Waals surface area contributed by atoms with Crippen LogP contribution in [0, 0.1) is 5.92 Å². The number of guanidine groups is 1. The number of nitrogens with zero attached hydrogens (tertiary/aromatic N) is 3. The van der Waals surface area contributed by atoms with E-state index in [1.165, 1.54) is 11.9 Å². The number of amides is 1. The van der Waals surface area contributed by atoms with Crippen molar-refractivity contribution in [2.45, 2.75) is 44.3 Å². The van der Waals surface area contributed by atoms with E-state index in [0.29, 0.717) is 19.0 Å². The van der Waals surface area contributed by atoms with Crippen molar-refractivity contribution in [3.05, 3.63) is 0 Å². The van der Waals surface area contributed by atoms with Crippen molar-refractivity contribution >= 4 is 35.8 Å². The summed E-state index contributed by atoms with van der Waals surface area (Å²) in [5.74, 6) is 1.02. The number of hydrogen-bond acceptors (Lipinski definition) is 3. The molecule has 10 heteroatoms. The Bertz CT molecular complexity index is 497. The van der Waals surface area contributed by atoms with Gasteiger partial charge in [-0.25, -0.2) is 0 Å². The third kappa shape index (κ3) is 8.41. The average molecular weight is 505 g/mol. The summed E-state index contributed by atoms with van der Waals surface area (Å²) < 4.78 is 36.9. The lowest BCUT2D eigenvalue weighted by molar-refractivity contribution is -0.142. The highest BCUT2D eigenvalue weighted by Crippen LogP contribution is 2.27. The van der Waals surface area contributed by atoms with Gasteiger partial charge in [-0.1, -0.05) is 12.8 Å². The fraction of sp³-hybridized carbons (Fsp3) is 0.882. The van der Waals surface area contributed by atoms with Gasteiger partial charge in [0.05, 0.1) is 6.54 Å². The molecule has 1 aliphatic heterocycles. The molecule has 1 saturated heterocycles. The van der Waals surface area contributed by atoms with E-state index in [0.717, 1.165) is 38.6 Å². The Hall–Kier alpha value is -0.780. The topological polar surface area (TPSA) is 60.0 Å². The number of hydrogen-bond donors (Lipinski definition) is 2. The summed E-state index contributed by atoms with van der Waals surface area (Å²) in [4.78, 5) is 19.7. The van der Waals surface area contributed by atoms with E-state index in [9.17, 15) is 18.0 Å². The number of carbonyl (C=O) groups excluding carboxylic acids is 1. The van der Waals surface area contributed by atoms with Gasteiger partial charge in [0.1, 0.15) is 0 Å². The molecule has 2 aliphatic rings. The molecule has 1 heterocycles. The summed E-state index contributed by atoms with van der Waals surface area (Å²) in [5, 5.41) is 6.31. The highest BCUT2D eigenvalue weighted by atomic mass is 127. The van der Waals surface area contributed by atoms with Gasteiger partial charge >= 0.3 is 6.18 Å². The molecule has 2 fully saturated rings. The minimum atomic E-state index is -4.19. The van der Waals surface area contributed by atoms with Gasteiger partial charge in [0, 0.05) is 45.2 Å². The molecule has 2 N–H and O–H groups in total. The monoisotopic (exact) mass is 505 g/mol. The average Bonchev–Trinajstić information content (AvgIpc) is 3.23. The maximum atomic E-state index is 12.5. The van der Waals surface area contributed by atoms with Crippen LogP contribution in [0.25, 0.3) is 0 Å². The maximum Gasteiger partial charge on any atom is 0.401 e. The molecule has 6 nitrogen and oxygen atoms in total. The molecule has 0 bridgehead atoms. The fourth-order valence-electron chi connectivity index (χ4n) is 3.65. The van der Waals surface area contributed by atoms with Crippen molar-refractivity contribution in [1.82, 2.24) is 20.4 Å². The maximum absolute atomic E-state index is 12.5. The Kier molecular flexibility index (Phi) is 10.1. The highest BCUT2D eigenvalue weighted by Gasteiger charge is 2.32. The molecule has 1 amide bonds. The van der Waals surface area contributed by atoms with Crippen LogP contribution in [-0.2, 0) is 4.79 Å². The van der Waals surface area contributed by atoms with Crippen LogP contribution < -0.4 is 10.6 Å². The lowest BCUT2D eigenvalue weighted by Gasteiger charge is -2.22. The molecule has 1 atom stereocenters. The zero-order valence-corrected chi connectivity index (χ0v) is 18.3. The molecule has 1 unspecified atom stereocenters. The third-order valence-electron chi connectivity index (χ3n) is 5.00. The number of nitrogens with one attached hydrogen (secondary N) is 2. The lowest BCUT2D eigenvalue weighted by Crippen LogP contribution is -2.47. The Morgan fingerprint density at radius 1 is 1.26 bits per heavy atom. The van der Waals surface area contributed by atoms with Gasteiger partial charge in [-0.15, -0.1) is 24.0 Å². The molecule has 0 aromatic heterocycles. The minimum Gasteiger partial charge on any atom is -0.355 e. The Balaban J connectivity index is 0.00000364. The number of halogens is 4. The first-order valence-electron chi connectivity index (χ1n) is 9.30. The Morgan fingerprint density at radius 3 is 2.52 bits per heavy atom. The zero-order chi connectivity index (χ0) is 19.2. The van der Waals surface area contributed by atoms with E-state index in [-0.39, 0.29) is 48.4 Å². The van der Waals surface area contributed by atoms with E-state index in [4.69, 9.17) is 0 Å². The van der Waals surface area contributed by atoms with Crippen molar-refractivity contribution in [2.75, 3.05) is 46.8 Å². The normalized spacial score (nSPS) is 21.5.